The third-order valence-electron chi connectivity index (χ3n) is 6.55. The molecule has 4 heterocycles. The molecule has 1 saturated heterocycles. The van der Waals surface area contributed by atoms with Crippen molar-refractivity contribution in [1.29, 1.82) is 0 Å². The molecule has 3 aromatic rings. The molecule has 0 radical (unpaired) electrons. The van der Waals surface area contributed by atoms with Crippen molar-refractivity contribution in [2.75, 3.05) is 13.1 Å². The second kappa shape index (κ2) is 9.09. The van der Waals surface area contributed by atoms with Crippen molar-refractivity contribution in [2.45, 2.75) is 25.8 Å². The Morgan fingerprint density at radius 2 is 1.85 bits per heavy atom. The molecule has 7 nitrogen and oxygen atoms in total. The van der Waals surface area contributed by atoms with Crippen molar-refractivity contribution >= 4 is 17.9 Å². The summed E-state index contributed by atoms with van der Waals surface area (Å²) in [5.74, 6) is -0.274. The number of hydrogen-bond acceptors (Lipinski definition) is 4. The van der Waals surface area contributed by atoms with E-state index in [9.17, 15) is 14.4 Å². The maximum absolute atomic E-state index is 13.7. The molecule has 2 aromatic heterocycles. The van der Waals surface area contributed by atoms with E-state index >= 15 is 0 Å². The first-order valence-electron chi connectivity index (χ1n) is 11.5. The van der Waals surface area contributed by atoms with Crippen molar-refractivity contribution in [1.82, 2.24) is 19.8 Å². The Labute approximate surface area is 197 Å². The maximum Gasteiger partial charge on any atom is 0.270 e. The number of hydrogen-bond donors (Lipinski definition) is 1. The standard InChI is InChI=1S/C27H26N4O3/c1-18-7-9-21(10-8-18)26(33)29-23(13-19-4-3-11-28-14-19)27(34)30-15-20-12-22(17-30)24-5-2-6-25(32)31(24)16-20/h2-11,13-14,20,22H,12,15-17H2,1H3,(H,29,33)/b23-13-/t20-,22+/m1/s1. The third-order valence-corrected chi connectivity index (χ3v) is 6.55. The number of likely N-dealkylation sites (tertiary alicyclic amines) is 1. The number of piperidine rings is 1. The number of aromatic nitrogens is 2. The van der Waals surface area contributed by atoms with Crippen LogP contribution in [0.15, 0.2) is 77.5 Å². The van der Waals surface area contributed by atoms with Crippen LogP contribution in [0, 0.1) is 12.8 Å². The van der Waals surface area contributed by atoms with E-state index in [-0.39, 0.29) is 34.9 Å². The van der Waals surface area contributed by atoms with E-state index in [4.69, 9.17) is 0 Å². The molecular formula is C27H26N4O3. The SMILES string of the molecule is Cc1ccc(C(=O)N/C(=C\c2cccnc2)C(=O)N2C[C@H]3C[C@@H](C2)c2cccc(=O)n2C3)cc1. The number of rotatable bonds is 4. The number of fused-ring (bicyclic) bond motifs is 4. The van der Waals surface area contributed by atoms with Crippen molar-refractivity contribution in [2.24, 2.45) is 5.92 Å². The number of amides is 2. The first kappa shape index (κ1) is 21.8. The molecule has 172 valence electrons. The van der Waals surface area contributed by atoms with Crippen molar-refractivity contribution in [3.8, 4) is 0 Å². The highest BCUT2D eigenvalue weighted by atomic mass is 16.2. The predicted octanol–water partition coefficient (Wildman–Crippen LogP) is 2.97. The summed E-state index contributed by atoms with van der Waals surface area (Å²) >= 11 is 0. The minimum atomic E-state index is -0.336. The molecule has 1 N–H and O–H groups in total. The van der Waals surface area contributed by atoms with E-state index in [1.165, 1.54) is 0 Å². The molecule has 2 aliphatic rings. The van der Waals surface area contributed by atoms with Gasteiger partial charge in [-0.05, 0) is 55.2 Å². The summed E-state index contributed by atoms with van der Waals surface area (Å²) in [5.41, 5.74) is 3.46. The van der Waals surface area contributed by atoms with E-state index in [1.54, 1.807) is 53.7 Å². The Hall–Kier alpha value is -4.00. The van der Waals surface area contributed by atoms with Gasteiger partial charge >= 0.3 is 0 Å². The fraction of sp³-hybridized carbons (Fsp3) is 0.259. The summed E-state index contributed by atoms with van der Waals surface area (Å²) in [6.45, 7) is 3.61. The van der Waals surface area contributed by atoms with Gasteiger partial charge in [0.2, 0.25) is 0 Å². The summed E-state index contributed by atoms with van der Waals surface area (Å²) in [5, 5.41) is 2.84. The smallest absolute Gasteiger partial charge is 0.270 e. The van der Waals surface area contributed by atoms with Crippen molar-refractivity contribution in [3.63, 3.8) is 0 Å². The van der Waals surface area contributed by atoms with Crippen LogP contribution in [-0.2, 0) is 11.3 Å². The van der Waals surface area contributed by atoms with Gasteiger partial charge in [-0.15, -0.1) is 0 Å². The molecule has 0 saturated carbocycles. The normalized spacial score (nSPS) is 19.3. The first-order valence-corrected chi connectivity index (χ1v) is 11.5. The van der Waals surface area contributed by atoms with Gasteiger partial charge in [-0.25, -0.2) is 0 Å². The zero-order valence-electron chi connectivity index (χ0n) is 19.0. The molecule has 2 bridgehead atoms. The minimum Gasteiger partial charge on any atom is -0.336 e. The fourth-order valence-electron chi connectivity index (χ4n) is 4.91. The Balaban J connectivity index is 1.43. The van der Waals surface area contributed by atoms with E-state index in [2.05, 4.69) is 10.3 Å². The highest BCUT2D eigenvalue weighted by Gasteiger charge is 2.37. The zero-order valence-corrected chi connectivity index (χ0v) is 19.0. The van der Waals surface area contributed by atoms with Gasteiger partial charge in [-0.3, -0.25) is 19.4 Å². The molecule has 1 aromatic carbocycles. The lowest BCUT2D eigenvalue weighted by molar-refractivity contribution is -0.130. The quantitative estimate of drug-likeness (QED) is 0.615. The number of benzene rings is 1. The van der Waals surface area contributed by atoms with Crippen molar-refractivity contribution < 1.29 is 9.59 Å². The lowest BCUT2D eigenvalue weighted by Gasteiger charge is -2.43. The van der Waals surface area contributed by atoms with Crippen LogP contribution in [0.3, 0.4) is 0 Å². The highest BCUT2D eigenvalue weighted by Crippen LogP contribution is 2.35. The Kier molecular flexibility index (Phi) is 5.84. The lowest BCUT2D eigenvalue weighted by Crippen LogP contribution is -2.50. The van der Waals surface area contributed by atoms with Crippen LogP contribution in [0.1, 0.15) is 39.5 Å². The van der Waals surface area contributed by atoms with Gasteiger partial charge in [0.05, 0.1) is 0 Å². The van der Waals surface area contributed by atoms with E-state index in [0.717, 1.165) is 23.2 Å². The van der Waals surface area contributed by atoms with Gasteiger partial charge in [-0.1, -0.05) is 29.8 Å². The molecular weight excluding hydrogens is 428 g/mol. The summed E-state index contributed by atoms with van der Waals surface area (Å²) in [4.78, 5) is 44.9. The fourth-order valence-corrected chi connectivity index (χ4v) is 4.91. The van der Waals surface area contributed by atoms with E-state index < -0.39 is 0 Å². The highest BCUT2D eigenvalue weighted by molar-refractivity contribution is 6.05. The number of nitrogens with one attached hydrogen (secondary N) is 1. The Bertz CT molecular complexity index is 1310. The minimum absolute atomic E-state index is 0.00880. The number of carbonyl (C=O) groups excluding carboxylic acids is 2. The van der Waals surface area contributed by atoms with Crippen LogP contribution in [0.2, 0.25) is 0 Å². The monoisotopic (exact) mass is 454 g/mol. The summed E-state index contributed by atoms with van der Waals surface area (Å²) < 4.78 is 1.84. The van der Waals surface area contributed by atoms with Crippen molar-refractivity contribution in [3.05, 3.63) is 105 Å². The molecule has 0 aliphatic carbocycles. The molecule has 2 aliphatic heterocycles. The summed E-state index contributed by atoms with van der Waals surface area (Å²) in [6.07, 6.45) is 5.93. The second-order valence-corrected chi connectivity index (χ2v) is 9.07. The van der Waals surface area contributed by atoms with E-state index in [0.29, 0.717) is 25.2 Å². The predicted molar refractivity (Wildman–Crippen MR) is 129 cm³/mol. The van der Waals surface area contributed by atoms with E-state index in [1.807, 2.05) is 35.8 Å². The molecule has 34 heavy (non-hydrogen) atoms. The molecule has 2 atom stereocenters. The van der Waals surface area contributed by atoms with Crippen LogP contribution < -0.4 is 10.9 Å². The molecule has 7 heteroatoms. The number of pyridine rings is 2. The number of carbonyl (C=O) groups is 2. The average Bonchev–Trinajstić information content (AvgIpc) is 2.85. The topological polar surface area (TPSA) is 84.3 Å². The van der Waals surface area contributed by atoms with Gasteiger partial charge in [0.15, 0.2) is 0 Å². The molecule has 1 fully saturated rings. The van der Waals surface area contributed by atoms with Gasteiger partial charge in [0.25, 0.3) is 17.4 Å². The van der Waals surface area contributed by atoms with Gasteiger partial charge in [0.1, 0.15) is 5.70 Å². The summed E-state index contributed by atoms with van der Waals surface area (Å²) in [7, 11) is 0. The van der Waals surface area contributed by atoms with Crippen LogP contribution in [0.4, 0.5) is 0 Å². The molecule has 5 rings (SSSR count). The Morgan fingerprint density at radius 3 is 2.62 bits per heavy atom. The first-order chi connectivity index (χ1) is 16.5. The Morgan fingerprint density at radius 1 is 1.03 bits per heavy atom. The van der Waals surface area contributed by atoms with Crippen LogP contribution in [0.5, 0.6) is 0 Å². The van der Waals surface area contributed by atoms with Gasteiger partial charge in [0, 0.05) is 55.3 Å². The maximum atomic E-state index is 13.7. The average molecular weight is 455 g/mol. The third kappa shape index (κ3) is 4.41. The van der Waals surface area contributed by atoms with Crippen LogP contribution >= 0.6 is 0 Å². The van der Waals surface area contributed by atoms with Gasteiger partial charge < -0.3 is 14.8 Å². The summed E-state index contributed by atoms with van der Waals surface area (Å²) in [6, 6.07) is 16.2. The van der Waals surface area contributed by atoms with Crippen LogP contribution in [-0.4, -0.2) is 39.4 Å². The van der Waals surface area contributed by atoms with Gasteiger partial charge in [-0.2, -0.15) is 0 Å². The molecule has 0 spiro atoms. The second-order valence-electron chi connectivity index (χ2n) is 9.07. The largest absolute Gasteiger partial charge is 0.336 e. The molecule has 2 amide bonds. The zero-order chi connectivity index (χ0) is 23.7. The lowest BCUT2D eigenvalue weighted by atomic mass is 9.83. The van der Waals surface area contributed by atoms with Crippen LogP contribution in [0.25, 0.3) is 6.08 Å². The number of aryl methyl sites for hydroxylation is 1. The number of nitrogens with zero attached hydrogens (tertiary/aromatic N) is 3. The molecule has 0 unspecified atom stereocenters.